The standard InChI is InChI=1S/C17H17BrN2O2/c1-20(2)17(22)13-6-8-15(9-7-13)19-16(21)11-12-4-3-5-14(18)10-12/h3-10H,11H2,1-2H3,(H,19,21). The van der Waals surface area contributed by atoms with Gasteiger partial charge in [0.2, 0.25) is 5.91 Å². The summed E-state index contributed by atoms with van der Waals surface area (Å²) < 4.78 is 0.948. The van der Waals surface area contributed by atoms with Crippen LogP contribution in [0.3, 0.4) is 0 Å². The van der Waals surface area contributed by atoms with E-state index in [4.69, 9.17) is 0 Å². The van der Waals surface area contributed by atoms with Crippen molar-refractivity contribution in [3.63, 3.8) is 0 Å². The van der Waals surface area contributed by atoms with Gasteiger partial charge < -0.3 is 10.2 Å². The summed E-state index contributed by atoms with van der Waals surface area (Å²) in [6.45, 7) is 0. The van der Waals surface area contributed by atoms with Crippen LogP contribution in [0.4, 0.5) is 5.69 Å². The van der Waals surface area contributed by atoms with Gasteiger partial charge in [0.25, 0.3) is 5.91 Å². The highest BCUT2D eigenvalue weighted by Gasteiger charge is 2.08. The topological polar surface area (TPSA) is 49.4 Å². The lowest BCUT2D eigenvalue weighted by Crippen LogP contribution is -2.21. The van der Waals surface area contributed by atoms with Gasteiger partial charge in [-0.2, -0.15) is 0 Å². The second kappa shape index (κ2) is 7.22. The smallest absolute Gasteiger partial charge is 0.253 e. The van der Waals surface area contributed by atoms with E-state index < -0.39 is 0 Å². The van der Waals surface area contributed by atoms with Crippen molar-refractivity contribution in [3.05, 3.63) is 64.1 Å². The number of hydrogen-bond acceptors (Lipinski definition) is 2. The summed E-state index contributed by atoms with van der Waals surface area (Å²) in [5.74, 6) is -0.156. The van der Waals surface area contributed by atoms with Crippen LogP contribution in [0.25, 0.3) is 0 Å². The van der Waals surface area contributed by atoms with Crippen molar-refractivity contribution in [1.82, 2.24) is 4.90 Å². The van der Waals surface area contributed by atoms with Crippen molar-refractivity contribution < 1.29 is 9.59 Å². The van der Waals surface area contributed by atoms with Gasteiger partial charge in [-0.1, -0.05) is 28.1 Å². The summed E-state index contributed by atoms with van der Waals surface area (Å²) in [5.41, 5.74) is 2.21. The molecule has 0 unspecified atom stereocenters. The van der Waals surface area contributed by atoms with Crippen LogP contribution in [0.1, 0.15) is 15.9 Å². The van der Waals surface area contributed by atoms with E-state index >= 15 is 0 Å². The first-order chi connectivity index (χ1) is 10.5. The fourth-order valence-corrected chi connectivity index (χ4v) is 2.44. The predicted molar refractivity (Wildman–Crippen MR) is 90.9 cm³/mol. The number of amides is 2. The SMILES string of the molecule is CN(C)C(=O)c1ccc(NC(=O)Cc2cccc(Br)c2)cc1. The summed E-state index contributed by atoms with van der Waals surface area (Å²) in [5, 5.41) is 2.83. The van der Waals surface area contributed by atoms with Crippen LogP contribution in [0.2, 0.25) is 0 Å². The summed E-state index contributed by atoms with van der Waals surface area (Å²) >= 11 is 3.38. The number of carbonyl (C=O) groups excluding carboxylic acids is 2. The first kappa shape index (κ1) is 16.2. The quantitative estimate of drug-likeness (QED) is 0.908. The molecule has 0 aromatic heterocycles. The third-order valence-corrected chi connectivity index (χ3v) is 3.57. The van der Waals surface area contributed by atoms with Gasteiger partial charge in [-0.3, -0.25) is 9.59 Å². The van der Waals surface area contributed by atoms with Gasteiger partial charge in [0.05, 0.1) is 6.42 Å². The molecule has 0 heterocycles. The molecule has 0 aliphatic carbocycles. The van der Waals surface area contributed by atoms with Crippen LogP contribution in [0.15, 0.2) is 53.0 Å². The average molecular weight is 361 g/mol. The summed E-state index contributed by atoms with van der Waals surface area (Å²) in [4.78, 5) is 25.3. The zero-order valence-corrected chi connectivity index (χ0v) is 14.1. The van der Waals surface area contributed by atoms with Crippen molar-refractivity contribution in [1.29, 1.82) is 0 Å². The molecule has 2 aromatic rings. The molecule has 2 amide bonds. The number of hydrogen-bond donors (Lipinski definition) is 1. The normalized spacial score (nSPS) is 10.1. The summed E-state index contributed by atoms with van der Waals surface area (Å²) in [7, 11) is 3.41. The minimum atomic E-state index is -0.0928. The van der Waals surface area contributed by atoms with E-state index in [1.54, 1.807) is 38.4 Å². The van der Waals surface area contributed by atoms with Gasteiger partial charge in [-0.15, -0.1) is 0 Å². The first-order valence-corrected chi connectivity index (χ1v) is 7.61. The Labute approximate surface area is 138 Å². The van der Waals surface area contributed by atoms with Crippen molar-refractivity contribution in [2.45, 2.75) is 6.42 Å². The number of rotatable bonds is 4. The third kappa shape index (κ3) is 4.43. The van der Waals surface area contributed by atoms with Crippen LogP contribution >= 0.6 is 15.9 Å². The monoisotopic (exact) mass is 360 g/mol. The maximum absolute atomic E-state index is 12.0. The number of carbonyl (C=O) groups is 2. The molecule has 2 aromatic carbocycles. The minimum Gasteiger partial charge on any atom is -0.345 e. The molecule has 0 saturated heterocycles. The Morgan fingerprint density at radius 2 is 1.77 bits per heavy atom. The zero-order chi connectivity index (χ0) is 16.1. The number of anilines is 1. The second-order valence-electron chi connectivity index (χ2n) is 5.13. The van der Waals surface area contributed by atoms with Crippen molar-refractivity contribution >= 4 is 33.4 Å². The molecule has 0 fully saturated rings. The van der Waals surface area contributed by atoms with Gasteiger partial charge in [-0.05, 0) is 42.0 Å². The fraction of sp³-hybridized carbons (Fsp3) is 0.176. The molecule has 0 aliphatic rings. The number of nitrogens with one attached hydrogen (secondary N) is 1. The molecule has 22 heavy (non-hydrogen) atoms. The van der Waals surface area contributed by atoms with Gasteiger partial charge in [0, 0.05) is 29.8 Å². The van der Waals surface area contributed by atoms with Crippen molar-refractivity contribution in [2.24, 2.45) is 0 Å². The van der Waals surface area contributed by atoms with Gasteiger partial charge in [0.1, 0.15) is 0 Å². The molecular formula is C17H17BrN2O2. The molecule has 4 nitrogen and oxygen atoms in total. The highest BCUT2D eigenvalue weighted by Crippen LogP contribution is 2.14. The molecule has 1 N–H and O–H groups in total. The Bertz CT molecular complexity index is 681. The molecule has 0 atom stereocenters. The highest BCUT2D eigenvalue weighted by molar-refractivity contribution is 9.10. The molecule has 0 bridgehead atoms. The highest BCUT2D eigenvalue weighted by atomic mass is 79.9. The van der Waals surface area contributed by atoms with Crippen LogP contribution in [0.5, 0.6) is 0 Å². The maximum atomic E-state index is 12.0. The van der Waals surface area contributed by atoms with E-state index in [2.05, 4.69) is 21.2 Å². The lowest BCUT2D eigenvalue weighted by Gasteiger charge is -2.11. The minimum absolute atomic E-state index is 0.0630. The van der Waals surface area contributed by atoms with Crippen LogP contribution in [-0.2, 0) is 11.2 Å². The molecule has 114 valence electrons. The van der Waals surface area contributed by atoms with E-state index in [-0.39, 0.29) is 11.8 Å². The number of halogens is 1. The second-order valence-corrected chi connectivity index (χ2v) is 6.05. The van der Waals surface area contributed by atoms with Gasteiger partial charge >= 0.3 is 0 Å². The van der Waals surface area contributed by atoms with E-state index in [9.17, 15) is 9.59 Å². The van der Waals surface area contributed by atoms with E-state index in [0.29, 0.717) is 17.7 Å². The Morgan fingerprint density at radius 3 is 2.36 bits per heavy atom. The number of nitrogens with zero attached hydrogens (tertiary/aromatic N) is 1. The van der Waals surface area contributed by atoms with Gasteiger partial charge in [0.15, 0.2) is 0 Å². The third-order valence-electron chi connectivity index (χ3n) is 3.08. The van der Waals surface area contributed by atoms with E-state index in [0.717, 1.165) is 10.0 Å². The lowest BCUT2D eigenvalue weighted by atomic mass is 10.1. The van der Waals surface area contributed by atoms with Crippen molar-refractivity contribution in [2.75, 3.05) is 19.4 Å². The van der Waals surface area contributed by atoms with Crippen LogP contribution in [-0.4, -0.2) is 30.8 Å². The Kier molecular flexibility index (Phi) is 5.33. The maximum Gasteiger partial charge on any atom is 0.253 e. The molecule has 0 aliphatic heterocycles. The summed E-state index contributed by atoms with van der Waals surface area (Å²) in [6, 6.07) is 14.5. The Balaban J connectivity index is 1.98. The lowest BCUT2D eigenvalue weighted by molar-refractivity contribution is -0.115. The average Bonchev–Trinajstić information content (AvgIpc) is 2.47. The summed E-state index contributed by atoms with van der Waals surface area (Å²) in [6.07, 6.45) is 0.303. The predicted octanol–water partition coefficient (Wildman–Crippen LogP) is 3.33. The molecule has 0 radical (unpaired) electrons. The van der Waals surface area contributed by atoms with E-state index in [1.807, 2.05) is 24.3 Å². The molecule has 5 heteroatoms. The molecule has 2 rings (SSSR count). The van der Waals surface area contributed by atoms with Crippen molar-refractivity contribution in [3.8, 4) is 0 Å². The first-order valence-electron chi connectivity index (χ1n) is 6.82. The Morgan fingerprint density at radius 1 is 1.09 bits per heavy atom. The zero-order valence-electron chi connectivity index (χ0n) is 12.5. The molecule has 0 saturated carbocycles. The van der Waals surface area contributed by atoms with Gasteiger partial charge in [-0.25, -0.2) is 0 Å². The largest absolute Gasteiger partial charge is 0.345 e. The molecule has 0 spiro atoms. The number of benzene rings is 2. The Hall–Kier alpha value is -2.14. The van der Waals surface area contributed by atoms with E-state index in [1.165, 1.54) is 4.90 Å². The van der Waals surface area contributed by atoms with Crippen LogP contribution in [0, 0.1) is 0 Å². The fourth-order valence-electron chi connectivity index (χ4n) is 1.99. The molecular weight excluding hydrogens is 344 g/mol. The van der Waals surface area contributed by atoms with Crippen LogP contribution < -0.4 is 5.32 Å².